The van der Waals surface area contributed by atoms with Gasteiger partial charge in [0.2, 0.25) is 0 Å². The summed E-state index contributed by atoms with van der Waals surface area (Å²) in [6.45, 7) is 2.53. The molecule has 0 aromatic heterocycles. The average molecular weight is 450 g/mol. The Morgan fingerprint density at radius 1 is 1.06 bits per heavy atom. The third-order valence-corrected chi connectivity index (χ3v) is 5.40. The van der Waals surface area contributed by atoms with Crippen molar-refractivity contribution in [1.29, 1.82) is 0 Å². The highest BCUT2D eigenvalue weighted by Gasteiger charge is 2.36. The molecule has 5 nitrogen and oxygen atoms in total. The zero-order valence-electron chi connectivity index (χ0n) is 18.4. The van der Waals surface area contributed by atoms with Crippen LogP contribution in [0.2, 0.25) is 0 Å². The number of benzene rings is 3. The van der Waals surface area contributed by atoms with Crippen molar-refractivity contribution >= 4 is 11.6 Å². The van der Waals surface area contributed by atoms with Crippen LogP contribution in [0.25, 0.3) is 0 Å². The number of nitrogens with zero attached hydrogens (tertiary/aromatic N) is 2. The zero-order chi connectivity index (χ0) is 23.4. The first-order chi connectivity index (χ1) is 16.0. The second-order valence-electron chi connectivity index (χ2n) is 7.66. The molecule has 1 atom stereocenters. The van der Waals surface area contributed by atoms with E-state index in [0.29, 0.717) is 35.8 Å². The van der Waals surface area contributed by atoms with Crippen molar-refractivity contribution in [3.05, 3.63) is 95.1 Å². The molecule has 0 spiro atoms. The van der Waals surface area contributed by atoms with Gasteiger partial charge in [-0.2, -0.15) is 5.10 Å². The molecule has 7 heteroatoms. The molecule has 0 N–H and O–H groups in total. The van der Waals surface area contributed by atoms with Crippen LogP contribution in [-0.2, 0) is 0 Å². The molecule has 1 aliphatic heterocycles. The van der Waals surface area contributed by atoms with Crippen molar-refractivity contribution in [3.8, 4) is 11.5 Å². The largest absolute Gasteiger partial charge is 0.492 e. The van der Waals surface area contributed by atoms with Crippen LogP contribution in [0.15, 0.2) is 71.8 Å². The van der Waals surface area contributed by atoms with E-state index in [1.807, 2.05) is 25.1 Å². The normalized spacial score (nSPS) is 15.3. The predicted molar refractivity (Wildman–Crippen MR) is 122 cm³/mol. The number of amides is 1. The van der Waals surface area contributed by atoms with Gasteiger partial charge >= 0.3 is 0 Å². The SMILES string of the molecule is CCCOc1cccc(C2CC(c3ccc(F)cc3)=NN2C(=O)c2cccc(F)c2)c1OC. The highest BCUT2D eigenvalue weighted by atomic mass is 19.1. The smallest absolute Gasteiger partial charge is 0.274 e. The Hall–Kier alpha value is -3.74. The van der Waals surface area contributed by atoms with E-state index in [4.69, 9.17) is 9.47 Å². The predicted octanol–water partition coefficient (Wildman–Crippen LogP) is 5.75. The summed E-state index contributed by atoms with van der Waals surface area (Å²) in [5.74, 6) is -0.219. The maximum atomic E-state index is 13.8. The van der Waals surface area contributed by atoms with E-state index in [1.165, 1.54) is 35.3 Å². The van der Waals surface area contributed by atoms with Crippen molar-refractivity contribution in [3.63, 3.8) is 0 Å². The monoisotopic (exact) mass is 450 g/mol. The molecule has 4 rings (SSSR count). The first-order valence-electron chi connectivity index (χ1n) is 10.7. The summed E-state index contributed by atoms with van der Waals surface area (Å²) in [5.41, 5.74) is 2.22. The van der Waals surface area contributed by atoms with E-state index in [0.717, 1.165) is 12.0 Å². The van der Waals surface area contributed by atoms with Crippen LogP contribution >= 0.6 is 0 Å². The van der Waals surface area contributed by atoms with Gasteiger partial charge in [0.1, 0.15) is 11.6 Å². The molecule has 0 bridgehead atoms. The fourth-order valence-corrected chi connectivity index (χ4v) is 3.85. The van der Waals surface area contributed by atoms with Crippen LogP contribution in [0.4, 0.5) is 8.78 Å². The molecule has 0 fully saturated rings. The van der Waals surface area contributed by atoms with Crippen molar-refractivity contribution in [2.75, 3.05) is 13.7 Å². The molecule has 0 saturated heterocycles. The highest BCUT2D eigenvalue weighted by molar-refractivity contribution is 6.05. The number of carbonyl (C=O) groups excluding carboxylic acids is 1. The van der Waals surface area contributed by atoms with Crippen LogP contribution in [-0.4, -0.2) is 30.3 Å². The lowest BCUT2D eigenvalue weighted by atomic mass is 9.97. The number of hydrazone groups is 1. The third-order valence-electron chi connectivity index (χ3n) is 5.40. The van der Waals surface area contributed by atoms with Crippen LogP contribution in [0.5, 0.6) is 11.5 Å². The average Bonchev–Trinajstić information content (AvgIpc) is 3.27. The first kappa shape index (κ1) is 22.5. The molecular formula is C26H24F2N2O3. The minimum Gasteiger partial charge on any atom is -0.492 e. The number of hydrogen-bond donors (Lipinski definition) is 0. The molecular weight excluding hydrogens is 426 g/mol. The standard InChI is InChI=1S/C26H24F2N2O3/c1-3-14-33-24-9-5-8-21(25(24)32-2)23-16-22(17-10-12-19(27)13-11-17)29-30(23)26(31)18-6-4-7-20(28)15-18/h4-13,15,23H,3,14,16H2,1-2H3. The summed E-state index contributed by atoms with van der Waals surface area (Å²) in [7, 11) is 1.55. The van der Waals surface area contributed by atoms with Gasteiger partial charge in [0, 0.05) is 17.5 Å². The number of halogens is 2. The molecule has 170 valence electrons. The summed E-state index contributed by atoms with van der Waals surface area (Å²) in [6, 6.07) is 16.4. The molecule has 1 unspecified atom stereocenters. The molecule has 1 amide bonds. The van der Waals surface area contributed by atoms with E-state index in [-0.39, 0.29) is 11.4 Å². The Morgan fingerprint density at radius 3 is 2.52 bits per heavy atom. The molecule has 1 heterocycles. The second kappa shape index (κ2) is 9.81. The van der Waals surface area contributed by atoms with Crippen molar-refractivity contribution in [1.82, 2.24) is 5.01 Å². The van der Waals surface area contributed by atoms with Crippen LogP contribution in [0, 0.1) is 11.6 Å². The maximum Gasteiger partial charge on any atom is 0.274 e. The number of carbonyl (C=O) groups is 1. The van der Waals surface area contributed by atoms with Gasteiger partial charge in [-0.15, -0.1) is 0 Å². The molecule has 33 heavy (non-hydrogen) atoms. The Kier molecular flexibility index (Phi) is 6.68. The fourth-order valence-electron chi connectivity index (χ4n) is 3.85. The van der Waals surface area contributed by atoms with Gasteiger partial charge in [-0.1, -0.05) is 37.3 Å². The number of para-hydroxylation sites is 1. The molecule has 0 radical (unpaired) electrons. The Labute approximate surface area is 191 Å². The fraction of sp³-hybridized carbons (Fsp3) is 0.231. The maximum absolute atomic E-state index is 13.8. The zero-order valence-corrected chi connectivity index (χ0v) is 18.4. The number of hydrogen-bond acceptors (Lipinski definition) is 4. The van der Waals surface area contributed by atoms with E-state index in [9.17, 15) is 13.6 Å². The summed E-state index contributed by atoms with van der Waals surface area (Å²) >= 11 is 0. The van der Waals surface area contributed by atoms with Gasteiger partial charge in [-0.3, -0.25) is 4.79 Å². The minimum atomic E-state index is -0.513. The highest BCUT2D eigenvalue weighted by Crippen LogP contribution is 2.42. The Balaban J connectivity index is 1.77. The number of methoxy groups -OCH3 is 1. The summed E-state index contributed by atoms with van der Waals surface area (Å²) in [5, 5.41) is 5.92. The quantitative estimate of drug-likeness (QED) is 0.460. The van der Waals surface area contributed by atoms with E-state index >= 15 is 0 Å². The van der Waals surface area contributed by atoms with Crippen molar-refractivity contribution in [2.45, 2.75) is 25.8 Å². The number of rotatable bonds is 7. The van der Waals surface area contributed by atoms with Gasteiger partial charge < -0.3 is 9.47 Å². The van der Waals surface area contributed by atoms with Crippen LogP contribution in [0.1, 0.15) is 47.3 Å². The van der Waals surface area contributed by atoms with Gasteiger partial charge in [0.15, 0.2) is 11.5 Å². The van der Waals surface area contributed by atoms with Gasteiger partial charge in [0.05, 0.1) is 25.5 Å². The minimum absolute atomic E-state index is 0.182. The van der Waals surface area contributed by atoms with Gasteiger partial charge in [0.25, 0.3) is 5.91 Å². The molecule has 0 saturated carbocycles. The van der Waals surface area contributed by atoms with E-state index in [2.05, 4.69) is 5.10 Å². The van der Waals surface area contributed by atoms with Crippen molar-refractivity contribution in [2.24, 2.45) is 5.10 Å². The van der Waals surface area contributed by atoms with Gasteiger partial charge in [-0.25, -0.2) is 13.8 Å². The van der Waals surface area contributed by atoms with E-state index in [1.54, 1.807) is 25.3 Å². The second-order valence-corrected chi connectivity index (χ2v) is 7.66. The lowest BCUT2D eigenvalue weighted by Gasteiger charge is -2.24. The summed E-state index contributed by atoms with van der Waals surface area (Å²) in [4.78, 5) is 13.4. The first-order valence-corrected chi connectivity index (χ1v) is 10.7. The van der Waals surface area contributed by atoms with Gasteiger partial charge in [-0.05, 0) is 48.4 Å². The van der Waals surface area contributed by atoms with Crippen LogP contribution < -0.4 is 9.47 Å². The molecule has 3 aromatic carbocycles. The Bertz CT molecular complexity index is 1180. The Morgan fingerprint density at radius 2 is 1.82 bits per heavy atom. The topological polar surface area (TPSA) is 51.1 Å². The lowest BCUT2D eigenvalue weighted by molar-refractivity contribution is 0.0708. The molecule has 0 aliphatic carbocycles. The van der Waals surface area contributed by atoms with Crippen molar-refractivity contribution < 1.29 is 23.0 Å². The number of ether oxygens (including phenoxy) is 2. The lowest BCUT2D eigenvalue weighted by Crippen LogP contribution is -2.27. The molecule has 3 aromatic rings. The third kappa shape index (κ3) is 4.72. The summed E-state index contributed by atoms with van der Waals surface area (Å²) in [6.07, 6.45) is 1.21. The molecule has 1 aliphatic rings. The van der Waals surface area contributed by atoms with Crippen LogP contribution in [0.3, 0.4) is 0 Å². The van der Waals surface area contributed by atoms with E-state index < -0.39 is 17.8 Å². The summed E-state index contributed by atoms with van der Waals surface area (Å²) < 4.78 is 38.8.